The van der Waals surface area contributed by atoms with Gasteiger partial charge in [0.1, 0.15) is 6.04 Å². The van der Waals surface area contributed by atoms with Gasteiger partial charge in [-0.15, -0.1) is 0 Å². The Morgan fingerprint density at radius 3 is 2.71 bits per heavy atom. The highest BCUT2D eigenvalue weighted by Gasteiger charge is 2.35. The first-order valence-corrected chi connectivity index (χ1v) is 5.73. The van der Waals surface area contributed by atoms with E-state index in [1.54, 1.807) is 0 Å². The molecule has 3 nitrogen and oxygen atoms in total. The molecule has 1 saturated heterocycles. The maximum atomic E-state index is 11.3. The van der Waals surface area contributed by atoms with Crippen molar-refractivity contribution in [3.8, 4) is 0 Å². The van der Waals surface area contributed by atoms with Crippen molar-refractivity contribution in [3.05, 3.63) is 0 Å². The van der Waals surface area contributed by atoms with Crippen LogP contribution < -0.4 is 5.73 Å². The summed E-state index contributed by atoms with van der Waals surface area (Å²) in [7, 11) is 0. The van der Waals surface area contributed by atoms with E-state index in [-0.39, 0.29) is 11.9 Å². The highest BCUT2D eigenvalue weighted by Crippen LogP contribution is 2.31. The third-order valence-corrected chi connectivity index (χ3v) is 3.79. The first kappa shape index (κ1) is 9.97. The van der Waals surface area contributed by atoms with Gasteiger partial charge in [0.2, 0.25) is 5.91 Å². The van der Waals surface area contributed by atoms with Crippen LogP contribution in [0.15, 0.2) is 0 Å². The Kier molecular flexibility index (Phi) is 2.77. The van der Waals surface area contributed by atoms with Gasteiger partial charge in [-0.2, -0.15) is 0 Å². The first-order chi connectivity index (χ1) is 6.68. The monoisotopic (exact) mass is 196 g/mol. The van der Waals surface area contributed by atoms with Crippen LogP contribution >= 0.6 is 0 Å². The number of carbonyl (C=O) groups is 1. The summed E-state index contributed by atoms with van der Waals surface area (Å²) in [6, 6.07) is -0.200. The standard InChI is InChI=1S/C11H20N2O/c1-8-4-2-3-5-9(8)6-13-7-10(12)11(13)14/h8-10H,2-7,12H2,1H3. The molecule has 0 spiro atoms. The molecule has 80 valence electrons. The summed E-state index contributed by atoms with van der Waals surface area (Å²) in [6.07, 6.45) is 5.33. The van der Waals surface area contributed by atoms with Gasteiger partial charge in [-0.1, -0.05) is 26.2 Å². The number of carbonyl (C=O) groups excluding carboxylic acids is 1. The van der Waals surface area contributed by atoms with E-state index in [9.17, 15) is 4.79 Å². The van der Waals surface area contributed by atoms with Crippen molar-refractivity contribution >= 4 is 5.91 Å². The Bertz CT molecular complexity index is 229. The number of hydrogen-bond donors (Lipinski definition) is 1. The molecule has 1 aliphatic carbocycles. The van der Waals surface area contributed by atoms with E-state index in [2.05, 4.69) is 6.92 Å². The van der Waals surface area contributed by atoms with E-state index in [0.29, 0.717) is 0 Å². The Labute approximate surface area is 85.6 Å². The predicted molar refractivity (Wildman–Crippen MR) is 55.7 cm³/mol. The van der Waals surface area contributed by atoms with Crippen molar-refractivity contribution in [1.82, 2.24) is 4.90 Å². The molecule has 2 fully saturated rings. The molecule has 1 aliphatic heterocycles. The lowest BCUT2D eigenvalue weighted by atomic mass is 9.79. The Balaban J connectivity index is 1.82. The molecule has 0 bridgehead atoms. The summed E-state index contributed by atoms with van der Waals surface area (Å²) in [5, 5.41) is 0. The maximum Gasteiger partial charge on any atom is 0.241 e. The molecule has 0 aromatic carbocycles. The van der Waals surface area contributed by atoms with Crippen molar-refractivity contribution in [2.75, 3.05) is 13.1 Å². The molecular formula is C11H20N2O. The van der Waals surface area contributed by atoms with Gasteiger partial charge in [-0.05, 0) is 18.3 Å². The molecule has 1 saturated carbocycles. The lowest BCUT2D eigenvalue weighted by Gasteiger charge is -2.41. The normalized spacial score (nSPS) is 38.3. The molecule has 1 heterocycles. The Morgan fingerprint density at radius 1 is 1.43 bits per heavy atom. The van der Waals surface area contributed by atoms with E-state index in [1.165, 1.54) is 25.7 Å². The number of likely N-dealkylation sites (tertiary alicyclic amines) is 1. The zero-order valence-electron chi connectivity index (χ0n) is 8.91. The van der Waals surface area contributed by atoms with Gasteiger partial charge < -0.3 is 10.6 Å². The molecule has 1 amide bonds. The number of amides is 1. The fraction of sp³-hybridized carbons (Fsp3) is 0.909. The third kappa shape index (κ3) is 1.78. The van der Waals surface area contributed by atoms with Gasteiger partial charge in [0.25, 0.3) is 0 Å². The van der Waals surface area contributed by atoms with Crippen LogP contribution in [0.5, 0.6) is 0 Å². The predicted octanol–water partition coefficient (Wildman–Crippen LogP) is 0.982. The van der Waals surface area contributed by atoms with Gasteiger partial charge in [0.05, 0.1) is 0 Å². The Hall–Kier alpha value is -0.570. The van der Waals surface area contributed by atoms with Gasteiger partial charge >= 0.3 is 0 Å². The van der Waals surface area contributed by atoms with E-state index >= 15 is 0 Å². The average molecular weight is 196 g/mol. The number of nitrogens with zero attached hydrogens (tertiary/aromatic N) is 1. The van der Waals surface area contributed by atoms with Crippen molar-refractivity contribution in [1.29, 1.82) is 0 Å². The van der Waals surface area contributed by atoms with Crippen molar-refractivity contribution in [3.63, 3.8) is 0 Å². The van der Waals surface area contributed by atoms with Crippen LogP contribution in [-0.2, 0) is 4.79 Å². The minimum absolute atomic E-state index is 0.155. The van der Waals surface area contributed by atoms with Crippen LogP contribution in [0.4, 0.5) is 0 Å². The highest BCUT2D eigenvalue weighted by atomic mass is 16.2. The van der Waals surface area contributed by atoms with Gasteiger partial charge in [-0.25, -0.2) is 0 Å². The summed E-state index contributed by atoms with van der Waals surface area (Å²) in [5.74, 6) is 1.66. The summed E-state index contributed by atoms with van der Waals surface area (Å²) in [6.45, 7) is 4.05. The van der Waals surface area contributed by atoms with Crippen LogP contribution in [0.1, 0.15) is 32.6 Å². The second-order valence-corrected chi connectivity index (χ2v) is 4.87. The van der Waals surface area contributed by atoms with E-state index < -0.39 is 0 Å². The highest BCUT2D eigenvalue weighted by molar-refractivity contribution is 5.87. The molecule has 0 aromatic heterocycles. The van der Waals surface area contributed by atoms with Gasteiger partial charge in [-0.3, -0.25) is 4.79 Å². The molecular weight excluding hydrogens is 176 g/mol. The van der Waals surface area contributed by atoms with Gasteiger partial charge in [0, 0.05) is 13.1 Å². The number of nitrogens with two attached hydrogens (primary N) is 1. The fourth-order valence-corrected chi connectivity index (χ4v) is 2.64. The molecule has 2 N–H and O–H groups in total. The van der Waals surface area contributed by atoms with Crippen LogP contribution in [0.2, 0.25) is 0 Å². The third-order valence-electron chi connectivity index (χ3n) is 3.79. The fourth-order valence-electron chi connectivity index (χ4n) is 2.64. The van der Waals surface area contributed by atoms with Crippen LogP contribution in [0, 0.1) is 11.8 Å². The average Bonchev–Trinajstić information content (AvgIpc) is 2.20. The SMILES string of the molecule is CC1CCCCC1CN1CC(N)C1=O. The largest absolute Gasteiger partial charge is 0.339 e. The topological polar surface area (TPSA) is 46.3 Å². The lowest BCUT2D eigenvalue weighted by Crippen LogP contribution is -2.62. The number of rotatable bonds is 2. The molecule has 14 heavy (non-hydrogen) atoms. The van der Waals surface area contributed by atoms with E-state index in [0.717, 1.165) is 24.9 Å². The van der Waals surface area contributed by atoms with Crippen LogP contribution in [0.3, 0.4) is 0 Å². The molecule has 2 aliphatic rings. The second kappa shape index (κ2) is 3.89. The van der Waals surface area contributed by atoms with Crippen molar-refractivity contribution < 1.29 is 4.79 Å². The molecule has 0 radical (unpaired) electrons. The zero-order valence-corrected chi connectivity index (χ0v) is 8.91. The lowest BCUT2D eigenvalue weighted by molar-refractivity contribution is -0.143. The molecule has 3 atom stereocenters. The number of hydrogen-bond acceptors (Lipinski definition) is 2. The summed E-state index contributed by atoms with van der Waals surface area (Å²) in [4.78, 5) is 13.3. The minimum Gasteiger partial charge on any atom is -0.339 e. The minimum atomic E-state index is -0.200. The molecule has 0 aromatic rings. The smallest absolute Gasteiger partial charge is 0.241 e. The van der Waals surface area contributed by atoms with Crippen LogP contribution in [0.25, 0.3) is 0 Å². The molecule has 3 unspecified atom stereocenters. The van der Waals surface area contributed by atoms with Gasteiger partial charge in [0.15, 0.2) is 0 Å². The molecule has 2 rings (SSSR count). The summed E-state index contributed by atoms with van der Waals surface area (Å²) >= 11 is 0. The zero-order chi connectivity index (χ0) is 10.1. The maximum absolute atomic E-state index is 11.3. The second-order valence-electron chi connectivity index (χ2n) is 4.87. The molecule has 3 heteroatoms. The Morgan fingerprint density at radius 2 is 2.14 bits per heavy atom. The van der Waals surface area contributed by atoms with Crippen LogP contribution in [-0.4, -0.2) is 29.9 Å². The quantitative estimate of drug-likeness (QED) is 0.669. The van der Waals surface area contributed by atoms with E-state index in [1.807, 2.05) is 4.90 Å². The van der Waals surface area contributed by atoms with E-state index in [4.69, 9.17) is 5.73 Å². The summed E-state index contributed by atoms with van der Waals surface area (Å²) in [5.41, 5.74) is 5.56. The van der Waals surface area contributed by atoms with Crippen molar-refractivity contribution in [2.45, 2.75) is 38.6 Å². The number of β-lactam (4-membered cyclic amide) rings is 1. The first-order valence-electron chi connectivity index (χ1n) is 5.73. The summed E-state index contributed by atoms with van der Waals surface area (Å²) < 4.78 is 0. The van der Waals surface area contributed by atoms with Crippen molar-refractivity contribution in [2.24, 2.45) is 17.6 Å².